The summed E-state index contributed by atoms with van der Waals surface area (Å²) in [6.45, 7) is 0. The first kappa shape index (κ1) is 29.5. The summed E-state index contributed by atoms with van der Waals surface area (Å²) >= 11 is 5.14. The Kier molecular flexibility index (Phi) is 6.86. The van der Waals surface area contributed by atoms with Gasteiger partial charge in [0.15, 0.2) is 0 Å². The van der Waals surface area contributed by atoms with E-state index < -0.39 is 0 Å². The highest BCUT2D eigenvalue weighted by molar-refractivity contribution is 7.80. The third-order valence-electron chi connectivity index (χ3n) is 9.99. The number of hydrogen-bond acceptors (Lipinski definition) is 3. The summed E-state index contributed by atoms with van der Waals surface area (Å²) in [6, 6.07) is 53.8. The van der Waals surface area contributed by atoms with Gasteiger partial charge >= 0.3 is 0 Å². The molecular weight excluding hydrogens is 641 g/mol. The fraction of sp³-hybridized carbons (Fsp3) is 0. The molecule has 4 aromatic heterocycles. The van der Waals surface area contributed by atoms with Gasteiger partial charge in [0.25, 0.3) is 0 Å². The van der Waals surface area contributed by atoms with Gasteiger partial charge in [-0.25, -0.2) is 0 Å². The second kappa shape index (κ2) is 11.9. The third-order valence-corrected chi connectivity index (χ3v) is 10.5. The Morgan fingerprint density at radius 1 is 0.353 bits per heavy atom. The summed E-state index contributed by atoms with van der Waals surface area (Å²) in [7, 11) is 0. The Morgan fingerprint density at radius 2 is 0.804 bits per heavy atom. The molecular formula is C46H30N4S. The predicted molar refractivity (Wildman–Crippen MR) is 214 cm³/mol. The largest absolute Gasteiger partial charge is 0.309 e. The fourth-order valence-corrected chi connectivity index (χ4v) is 8.00. The van der Waals surface area contributed by atoms with E-state index in [-0.39, 0.29) is 0 Å². The van der Waals surface area contributed by atoms with Crippen LogP contribution >= 0.6 is 12.6 Å². The summed E-state index contributed by atoms with van der Waals surface area (Å²) in [5.41, 5.74) is 13.1. The zero-order valence-corrected chi connectivity index (χ0v) is 28.4. The fourth-order valence-electron chi connectivity index (χ4n) is 7.62. The summed E-state index contributed by atoms with van der Waals surface area (Å²) in [4.78, 5) is 10.3. The van der Waals surface area contributed by atoms with Crippen molar-refractivity contribution < 1.29 is 0 Å². The molecule has 0 fully saturated rings. The Hall–Kier alpha value is -6.43. The van der Waals surface area contributed by atoms with Crippen LogP contribution in [0.5, 0.6) is 0 Å². The Morgan fingerprint density at radius 3 is 1.41 bits per heavy atom. The smallest absolute Gasteiger partial charge is 0.0541 e. The quantitative estimate of drug-likeness (QED) is 0.185. The maximum absolute atomic E-state index is 5.14. The molecule has 0 aliphatic rings. The van der Waals surface area contributed by atoms with Crippen LogP contribution < -0.4 is 0 Å². The number of fused-ring (bicyclic) bond motifs is 6. The topological polar surface area (TPSA) is 35.6 Å². The van der Waals surface area contributed by atoms with Gasteiger partial charge in [-0.2, -0.15) is 0 Å². The van der Waals surface area contributed by atoms with Crippen molar-refractivity contribution in [2.24, 2.45) is 0 Å². The van der Waals surface area contributed by atoms with E-state index in [0.29, 0.717) is 0 Å². The van der Waals surface area contributed by atoms with Crippen molar-refractivity contribution in [1.29, 1.82) is 0 Å². The molecule has 0 N–H and O–H groups in total. The van der Waals surface area contributed by atoms with Crippen molar-refractivity contribution in [3.8, 4) is 44.8 Å². The van der Waals surface area contributed by atoms with Gasteiger partial charge in [0, 0.05) is 84.9 Å². The molecule has 0 saturated carbocycles. The van der Waals surface area contributed by atoms with E-state index in [1.54, 1.807) is 0 Å². The first-order valence-electron chi connectivity index (χ1n) is 17.0. The van der Waals surface area contributed by atoms with Crippen LogP contribution in [0.1, 0.15) is 0 Å². The number of thiol groups is 1. The number of benzene rings is 6. The minimum absolute atomic E-state index is 0.872. The molecule has 51 heavy (non-hydrogen) atoms. The van der Waals surface area contributed by atoms with Crippen molar-refractivity contribution in [3.05, 3.63) is 176 Å². The van der Waals surface area contributed by atoms with Gasteiger partial charge in [-0.05, 0) is 77.9 Å². The summed E-state index contributed by atoms with van der Waals surface area (Å²) in [6.07, 6.45) is 7.65. The van der Waals surface area contributed by atoms with Gasteiger partial charge in [-0.1, -0.05) is 84.9 Å². The second-order valence-electron chi connectivity index (χ2n) is 12.9. The average molecular weight is 671 g/mol. The molecule has 4 heterocycles. The first-order valence-corrected chi connectivity index (χ1v) is 17.5. The van der Waals surface area contributed by atoms with E-state index in [9.17, 15) is 0 Å². The highest BCUT2D eigenvalue weighted by atomic mass is 32.1. The minimum Gasteiger partial charge on any atom is -0.309 e. The number of nitrogens with zero attached hydrogens (tertiary/aromatic N) is 4. The van der Waals surface area contributed by atoms with E-state index in [1.807, 2.05) is 24.8 Å². The van der Waals surface area contributed by atoms with Crippen LogP contribution in [-0.2, 0) is 0 Å². The Balaban J connectivity index is 1.07. The van der Waals surface area contributed by atoms with Crippen LogP contribution in [0.3, 0.4) is 0 Å². The zero-order chi connectivity index (χ0) is 33.9. The normalized spacial score (nSPS) is 11.6. The van der Waals surface area contributed by atoms with Gasteiger partial charge in [0.2, 0.25) is 0 Å². The SMILES string of the molecule is Sc1c(-c2cncc(-c3ccc4c(c3)c3ccccc3n4-c3ccccc3)c2)cncc1-c1ccc2c(c1)c1ccccc1n2-c1ccccc1. The van der Waals surface area contributed by atoms with Crippen molar-refractivity contribution in [2.45, 2.75) is 4.90 Å². The van der Waals surface area contributed by atoms with Gasteiger partial charge in [0.1, 0.15) is 0 Å². The number of pyridine rings is 2. The predicted octanol–water partition coefficient (Wildman–Crippen LogP) is 12.0. The molecule has 0 aliphatic heterocycles. The zero-order valence-electron chi connectivity index (χ0n) is 27.5. The van der Waals surface area contributed by atoms with E-state index in [2.05, 4.69) is 161 Å². The average Bonchev–Trinajstić information content (AvgIpc) is 3.71. The van der Waals surface area contributed by atoms with E-state index >= 15 is 0 Å². The summed E-state index contributed by atoms with van der Waals surface area (Å²) < 4.78 is 4.67. The molecule has 0 atom stereocenters. The Bertz CT molecular complexity index is 2920. The molecule has 10 rings (SSSR count). The van der Waals surface area contributed by atoms with Crippen LogP contribution in [0.4, 0.5) is 0 Å². The molecule has 0 spiro atoms. The first-order chi connectivity index (χ1) is 25.2. The van der Waals surface area contributed by atoms with Gasteiger partial charge in [-0.3, -0.25) is 9.97 Å². The monoisotopic (exact) mass is 670 g/mol. The molecule has 0 bridgehead atoms. The van der Waals surface area contributed by atoms with Crippen LogP contribution in [0, 0.1) is 0 Å². The van der Waals surface area contributed by atoms with E-state index in [1.165, 1.54) is 38.1 Å². The van der Waals surface area contributed by atoms with Crippen molar-refractivity contribution in [3.63, 3.8) is 0 Å². The molecule has 0 saturated heterocycles. The lowest BCUT2D eigenvalue weighted by molar-refractivity contribution is 1.18. The Labute approximate surface area is 300 Å². The molecule has 10 aromatic rings. The molecule has 4 nitrogen and oxygen atoms in total. The molecule has 0 radical (unpaired) electrons. The molecule has 0 amide bonds. The summed E-state index contributed by atoms with van der Waals surface area (Å²) in [5.74, 6) is 0. The van der Waals surface area contributed by atoms with Crippen LogP contribution in [0.25, 0.3) is 88.4 Å². The van der Waals surface area contributed by atoms with Crippen LogP contribution in [-0.4, -0.2) is 19.1 Å². The lowest BCUT2D eigenvalue weighted by atomic mass is 9.98. The van der Waals surface area contributed by atoms with Gasteiger partial charge in [0.05, 0.1) is 22.1 Å². The highest BCUT2D eigenvalue weighted by Gasteiger charge is 2.17. The highest BCUT2D eigenvalue weighted by Crippen LogP contribution is 2.40. The number of para-hydroxylation sites is 4. The minimum atomic E-state index is 0.872. The molecule has 5 heteroatoms. The molecule has 0 unspecified atom stereocenters. The molecule has 240 valence electrons. The number of aromatic nitrogens is 4. The maximum Gasteiger partial charge on any atom is 0.0541 e. The molecule has 0 aliphatic carbocycles. The van der Waals surface area contributed by atoms with Gasteiger partial charge < -0.3 is 9.13 Å². The van der Waals surface area contributed by atoms with Crippen LogP contribution in [0.2, 0.25) is 0 Å². The second-order valence-corrected chi connectivity index (χ2v) is 13.3. The molecule has 6 aromatic carbocycles. The van der Waals surface area contributed by atoms with Crippen molar-refractivity contribution >= 4 is 56.2 Å². The van der Waals surface area contributed by atoms with E-state index in [0.717, 1.165) is 55.2 Å². The number of rotatable bonds is 5. The summed E-state index contributed by atoms with van der Waals surface area (Å²) in [5, 5.41) is 4.84. The standard InChI is InChI=1S/C46H30N4S/c51-46-40(31-20-22-45-39(25-31)37-16-8-10-18-43(37)50(45)35-13-5-2-6-14-35)28-48-29-41(46)33-23-32(26-47-27-33)30-19-21-44-38(24-30)36-15-7-9-17-42(36)49(44)34-11-3-1-4-12-34/h1-29H,(H,48,51). The van der Waals surface area contributed by atoms with Gasteiger partial charge in [-0.15, -0.1) is 12.6 Å². The maximum atomic E-state index is 5.14. The lowest BCUT2D eigenvalue weighted by Crippen LogP contribution is -1.93. The lowest BCUT2D eigenvalue weighted by Gasteiger charge is -2.12. The third kappa shape index (κ3) is 4.78. The van der Waals surface area contributed by atoms with E-state index in [4.69, 9.17) is 22.6 Å². The number of hydrogen-bond donors (Lipinski definition) is 1. The van der Waals surface area contributed by atoms with Crippen LogP contribution in [0.15, 0.2) is 181 Å². The van der Waals surface area contributed by atoms with Crippen molar-refractivity contribution in [1.82, 2.24) is 19.1 Å². The van der Waals surface area contributed by atoms with Crippen molar-refractivity contribution in [2.75, 3.05) is 0 Å².